The molecule has 3 aromatic rings. The Bertz CT molecular complexity index is 1130. The fourth-order valence-corrected chi connectivity index (χ4v) is 3.68. The Morgan fingerprint density at radius 3 is 2.18 bits per heavy atom. The number of benzene rings is 2. The fourth-order valence-electron chi connectivity index (χ4n) is 3.68. The van der Waals surface area contributed by atoms with E-state index in [0.717, 1.165) is 5.56 Å². The second kappa shape index (κ2) is 10.9. The van der Waals surface area contributed by atoms with E-state index in [1.807, 2.05) is 26.0 Å². The minimum absolute atomic E-state index is 0.0277. The van der Waals surface area contributed by atoms with Crippen LogP contribution in [-0.2, 0) is 0 Å². The molecule has 0 saturated heterocycles. The number of halogens is 3. The van der Waals surface area contributed by atoms with E-state index in [1.165, 1.54) is 24.3 Å². The van der Waals surface area contributed by atoms with Gasteiger partial charge >= 0.3 is 0 Å². The normalized spacial score (nSPS) is 15.4. The summed E-state index contributed by atoms with van der Waals surface area (Å²) in [5.41, 5.74) is 2.11. The quantitative estimate of drug-likeness (QED) is 0.381. The van der Waals surface area contributed by atoms with Gasteiger partial charge in [0.05, 0.1) is 18.2 Å². The minimum atomic E-state index is -0.650. The van der Waals surface area contributed by atoms with Gasteiger partial charge in [0, 0.05) is 29.1 Å². The van der Waals surface area contributed by atoms with Gasteiger partial charge < -0.3 is 4.74 Å². The predicted molar refractivity (Wildman–Crippen MR) is 131 cm³/mol. The van der Waals surface area contributed by atoms with Crippen LogP contribution in [0.2, 0.25) is 0 Å². The molecule has 0 N–H and O–H groups in total. The molecule has 0 amide bonds. The van der Waals surface area contributed by atoms with Gasteiger partial charge in [-0.1, -0.05) is 52.8 Å². The summed E-state index contributed by atoms with van der Waals surface area (Å²) < 4.78 is 48.8. The van der Waals surface area contributed by atoms with Crippen LogP contribution in [0.3, 0.4) is 0 Å². The molecule has 180 valence electrons. The van der Waals surface area contributed by atoms with Crippen LogP contribution in [0.4, 0.5) is 13.2 Å². The third-order valence-electron chi connectivity index (χ3n) is 5.30. The molecule has 2 heterocycles. The minimum Gasteiger partial charge on any atom is -0.477 e. The number of aliphatic imine (C=N–C) groups is 1. The molecule has 0 fully saturated rings. The highest BCUT2D eigenvalue weighted by atomic mass is 19.1. The maximum Gasteiger partial charge on any atom is 0.213 e. The van der Waals surface area contributed by atoms with Crippen molar-refractivity contribution in [2.75, 3.05) is 6.61 Å². The Morgan fingerprint density at radius 1 is 0.912 bits per heavy atom. The highest BCUT2D eigenvalue weighted by Gasteiger charge is 2.26. The molecule has 0 spiro atoms. The standard InChI is InChI=1S/C26H25F3N2O.C2H6/c1-26(2,3)15-32-24-12-8-17(14-30-24)16-7-9-18(21(29)13-16)22-10-11-23(31-22)25-19(27)5-4-6-20(25)28;1-2/h4-9,12-14,22H,10-11,15H2,1-3H3;1-2H3/t22-;/m1./s1. The van der Waals surface area contributed by atoms with Crippen molar-refractivity contribution in [2.24, 2.45) is 10.4 Å². The van der Waals surface area contributed by atoms with Crippen LogP contribution in [0.25, 0.3) is 11.1 Å². The largest absolute Gasteiger partial charge is 0.477 e. The lowest BCUT2D eigenvalue weighted by atomic mass is 9.98. The number of pyridine rings is 1. The van der Waals surface area contributed by atoms with Crippen molar-refractivity contribution in [3.8, 4) is 17.0 Å². The fraction of sp³-hybridized carbons (Fsp3) is 0.357. The van der Waals surface area contributed by atoms with Crippen molar-refractivity contribution in [3.05, 3.63) is 83.3 Å². The van der Waals surface area contributed by atoms with E-state index < -0.39 is 23.5 Å². The number of hydrogen-bond acceptors (Lipinski definition) is 3. The summed E-state index contributed by atoms with van der Waals surface area (Å²) in [5, 5.41) is 0. The molecular weight excluding hydrogens is 437 g/mol. The molecule has 1 atom stereocenters. The first-order valence-electron chi connectivity index (χ1n) is 11.6. The van der Waals surface area contributed by atoms with Gasteiger partial charge in [0.25, 0.3) is 0 Å². The monoisotopic (exact) mass is 468 g/mol. The SMILES string of the molecule is CC.CC(C)(C)COc1ccc(-c2ccc([C@H]3CCC(c4c(F)cccc4F)=N3)c(F)c2)cn1. The van der Waals surface area contributed by atoms with Gasteiger partial charge in [-0.3, -0.25) is 4.99 Å². The summed E-state index contributed by atoms with van der Waals surface area (Å²) >= 11 is 0. The Hall–Kier alpha value is -3.15. The molecule has 0 bridgehead atoms. The van der Waals surface area contributed by atoms with Crippen LogP contribution in [0, 0.1) is 22.9 Å². The van der Waals surface area contributed by atoms with Crippen molar-refractivity contribution < 1.29 is 17.9 Å². The van der Waals surface area contributed by atoms with Crippen LogP contribution in [0.5, 0.6) is 5.88 Å². The van der Waals surface area contributed by atoms with Gasteiger partial charge in [-0.2, -0.15) is 0 Å². The zero-order valence-electron chi connectivity index (χ0n) is 20.3. The van der Waals surface area contributed by atoms with E-state index >= 15 is 0 Å². The molecule has 34 heavy (non-hydrogen) atoms. The maximum absolute atomic E-state index is 14.9. The summed E-state index contributed by atoms with van der Waals surface area (Å²) in [6.45, 7) is 10.8. The van der Waals surface area contributed by atoms with Gasteiger partial charge in [0.15, 0.2) is 0 Å². The first kappa shape index (κ1) is 25.5. The third-order valence-corrected chi connectivity index (χ3v) is 5.30. The molecule has 0 radical (unpaired) electrons. The van der Waals surface area contributed by atoms with Crippen LogP contribution < -0.4 is 4.74 Å². The number of rotatable bonds is 5. The van der Waals surface area contributed by atoms with Crippen LogP contribution >= 0.6 is 0 Å². The lowest BCUT2D eigenvalue weighted by Crippen LogP contribution is -2.17. The first-order chi connectivity index (χ1) is 16.2. The lowest BCUT2D eigenvalue weighted by Gasteiger charge is -2.18. The molecule has 1 aromatic heterocycles. The lowest BCUT2D eigenvalue weighted by molar-refractivity contribution is 0.191. The molecule has 6 heteroatoms. The van der Waals surface area contributed by atoms with Crippen LogP contribution in [-0.4, -0.2) is 17.3 Å². The summed E-state index contributed by atoms with van der Waals surface area (Å²) in [4.78, 5) is 8.74. The molecule has 4 rings (SSSR count). The third kappa shape index (κ3) is 6.04. The molecule has 0 unspecified atom stereocenters. The second-order valence-electron chi connectivity index (χ2n) is 9.20. The van der Waals surface area contributed by atoms with Crippen molar-refractivity contribution in [3.63, 3.8) is 0 Å². The zero-order chi connectivity index (χ0) is 24.9. The first-order valence-corrected chi connectivity index (χ1v) is 11.6. The number of ether oxygens (including phenoxy) is 1. The number of nitrogens with zero attached hydrogens (tertiary/aromatic N) is 2. The number of aromatic nitrogens is 1. The Kier molecular flexibility index (Phi) is 8.13. The van der Waals surface area contributed by atoms with Gasteiger partial charge in [-0.25, -0.2) is 18.2 Å². The Morgan fingerprint density at radius 2 is 1.59 bits per heavy atom. The summed E-state index contributed by atoms with van der Waals surface area (Å²) in [6, 6.07) is 11.8. The van der Waals surface area contributed by atoms with Crippen molar-refractivity contribution in [2.45, 2.75) is 53.5 Å². The Balaban J connectivity index is 0.00000158. The predicted octanol–water partition coefficient (Wildman–Crippen LogP) is 7.94. The molecule has 2 aromatic carbocycles. The van der Waals surface area contributed by atoms with Crippen LogP contribution in [0.1, 0.15) is 64.6 Å². The van der Waals surface area contributed by atoms with E-state index in [9.17, 15) is 13.2 Å². The van der Waals surface area contributed by atoms with Gasteiger partial charge in [-0.15, -0.1) is 0 Å². The smallest absolute Gasteiger partial charge is 0.213 e. The van der Waals surface area contributed by atoms with Gasteiger partial charge in [0.1, 0.15) is 17.5 Å². The molecular formula is C28H31F3N2O. The maximum atomic E-state index is 14.9. The van der Waals surface area contributed by atoms with Gasteiger partial charge in [-0.05, 0) is 48.1 Å². The highest BCUT2D eigenvalue weighted by molar-refractivity contribution is 6.02. The second-order valence-corrected chi connectivity index (χ2v) is 9.20. The van der Waals surface area contributed by atoms with E-state index in [0.29, 0.717) is 42.2 Å². The van der Waals surface area contributed by atoms with Crippen LogP contribution in [0.15, 0.2) is 59.7 Å². The summed E-state index contributed by atoms with van der Waals surface area (Å²) in [7, 11) is 0. The average molecular weight is 469 g/mol. The topological polar surface area (TPSA) is 34.5 Å². The average Bonchev–Trinajstić information content (AvgIpc) is 3.28. The molecule has 0 saturated carbocycles. The van der Waals surface area contributed by atoms with Gasteiger partial charge in [0.2, 0.25) is 5.88 Å². The summed E-state index contributed by atoms with van der Waals surface area (Å²) in [5.74, 6) is -1.18. The highest BCUT2D eigenvalue weighted by Crippen LogP contribution is 2.35. The van der Waals surface area contributed by atoms with E-state index in [4.69, 9.17) is 4.74 Å². The molecule has 1 aliphatic rings. The summed E-state index contributed by atoms with van der Waals surface area (Å²) in [6.07, 6.45) is 2.55. The molecule has 1 aliphatic heterocycles. The molecule has 0 aliphatic carbocycles. The molecule has 3 nitrogen and oxygen atoms in total. The Labute approximate surface area is 199 Å². The van der Waals surface area contributed by atoms with Crippen molar-refractivity contribution in [1.29, 1.82) is 0 Å². The van der Waals surface area contributed by atoms with E-state index in [-0.39, 0.29) is 11.0 Å². The van der Waals surface area contributed by atoms with Crippen molar-refractivity contribution in [1.82, 2.24) is 4.98 Å². The van der Waals surface area contributed by atoms with Crippen molar-refractivity contribution >= 4 is 5.71 Å². The van der Waals surface area contributed by atoms with E-state index in [2.05, 4.69) is 30.7 Å². The van der Waals surface area contributed by atoms with E-state index in [1.54, 1.807) is 18.3 Å². The number of hydrogen-bond donors (Lipinski definition) is 0. The zero-order valence-corrected chi connectivity index (χ0v) is 20.3.